The molecule has 2 rings (SSSR count). The number of aryl methyl sites for hydroxylation is 1. The third kappa shape index (κ3) is 3.57. The predicted octanol–water partition coefficient (Wildman–Crippen LogP) is 4.84. The van der Waals surface area contributed by atoms with Crippen molar-refractivity contribution in [3.63, 3.8) is 0 Å². The maximum atomic E-state index is 6.09. The number of thioether (sulfide) groups is 1. The van der Waals surface area contributed by atoms with Gasteiger partial charge in [-0.25, -0.2) is 0 Å². The number of benzene rings is 2. The van der Waals surface area contributed by atoms with Crippen molar-refractivity contribution in [1.29, 1.82) is 0 Å². The summed E-state index contributed by atoms with van der Waals surface area (Å²) in [7, 11) is 0. The van der Waals surface area contributed by atoms with Crippen LogP contribution in [-0.2, 0) is 0 Å². The van der Waals surface area contributed by atoms with Crippen LogP contribution in [0, 0.1) is 13.8 Å². The van der Waals surface area contributed by atoms with Gasteiger partial charge < -0.3 is 10.5 Å². The van der Waals surface area contributed by atoms with E-state index >= 15 is 0 Å². The number of rotatable bonds is 5. The Hall–Kier alpha value is -1.52. The number of hydrogen-bond donors (Lipinski definition) is 1. The monoisotopic (exact) mass is 317 g/mol. The van der Waals surface area contributed by atoms with E-state index in [1.54, 1.807) is 11.8 Å². The molecule has 0 fully saturated rings. The van der Waals surface area contributed by atoms with Gasteiger partial charge in [-0.15, -0.1) is 11.8 Å². The lowest BCUT2D eigenvalue weighted by Crippen LogP contribution is -2.12. The molecular formula is C17H19NOS2. The highest BCUT2D eigenvalue weighted by molar-refractivity contribution is 7.99. The second-order valence-corrected chi connectivity index (χ2v) is 6.47. The van der Waals surface area contributed by atoms with Gasteiger partial charge in [0, 0.05) is 4.90 Å². The van der Waals surface area contributed by atoms with E-state index in [0.29, 0.717) is 4.99 Å². The molecule has 0 aliphatic rings. The van der Waals surface area contributed by atoms with Crippen molar-refractivity contribution in [3.05, 3.63) is 53.1 Å². The third-order valence-corrected chi connectivity index (χ3v) is 4.45. The minimum Gasteiger partial charge on any atom is -0.456 e. The fraction of sp³-hybridized carbons (Fsp3) is 0.235. The Morgan fingerprint density at radius 2 is 1.81 bits per heavy atom. The Bertz CT molecular complexity index is 668. The van der Waals surface area contributed by atoms with E-state index in [1.165, 1.54) is 5.56 Å². The van der Waals surface area contributed by atoms with E-state index in [0.717, 1.165) is 33.3 Å². The molecule has 2 aromatic rings. The van der Waals surface area contributed by atoms with Crippen LogP contribution in [-0.4, -0.2) is 10.7 Å². The molecule has 0 heterocycles. The quantitative estimate of drug-likeness (QED) is 0.632. The normalized spacial score (nSPS) is 10.4. The Morgan fingerprint density at radius 1 is 1.14 bits per heavy atom. The fourth-order valence-electron chi connectivity index (χ4n) is 2.07. The van der Waals surface area contributed by atoms with E-state index in [4.69, 9.17) is 22.7 Å². The van der Waals surface area contributed by atoms with Crippen molar-refractivity contribution in [2.75, 3.05) is 5.75 Å². The largest absolute Gasteiger partial charge is 0.456 e. The molecule has 2 aromatic carbocycles. The summed E-state index contributed by atoms with van der Waals surface area (Å²) in [5, 5.41) is 0. The van der Waals surface area contributed by atoms with Crippen LogP contribution >= 0.6 is 24.0 Å². The molecule has 0 saturated carbocycles. The maximum Gasteiger partial charge on any atom is 0.138 e. The Morgan fingerprint density at radius 3 is 2.48 bits per heavy atom. The van der Waals surface area contributed by atoms with Gasteiger partial charge in [-0.1, -0.05) is 37.3 Å². The summed E-state index contributed by atoms with van der Waals surface area (Å²) in [5.74, 6) is 2.52. The van der Waals surface area contributed by atoms with Gasteiger partial charge in [0.1, 0.15) is 16.5 Å². The zero-order chi connectivity index (χ0) is 15.4. The van der Waals surface area contributed by atoms with Crippen molar-refractivity contribution in [2.24, 2.45) is 5.73 Å². The van der Waals surface area contributed by atoms with Crippen molar-refractivity contribution in [1.82, 2.24) is 0 Å². The minimum atomic E-state index is 0.367. The summed E-state index contributed by atoms with van der Waals surface area (Å²) < 4.78 is 6.09. The summed E-state index contributed by atoms with van der Waals surface area (Å²) in [6, 6.07) is 11.9. The zero-order valence-electron chi connectivity index (χ0n) is 12.5. The molecule has 4 heteroatoms. The molecule has 0 amide bonds. The molecular weight excluding hydrogens is 298 g/mol. The van der Waals surface area contributed by atoms with Crippen LogP contribution in [0.2, 0.25) is 0 Å². The lowest BCUT2D eigenvalue weighted by atomic mass is 10.1. The Labute approximate surface area is 135 Å². The number of nitrogens with two attached hydrogens (primary N) is 1. The molecule has 0 aromatic heterocycles. The van der Waals surface area contributed by atoms with Gasteiger partial charge >= 0.3 is 0 Å². The van der Waals surface area contributed by atoms with Crippen LogP contribution in [0.4, 0.5) is 0 Å². The summed E-state index contributed by atoms with van der Waals surface area (Å²) in [5.41, 5.74) is 9.05. The highest BCUT2D eigenvalue weighted by Crippen LogP contribution is 2.34. The van der Waals surface area contributed by atoms with E-state index in [9.17, 15) is 0 Å². The van der Waals surface area contributed by atoms with Gasteiger partial charge in [-0.3, -0.25) is 0 Å². The van der Waals surface area contributed by atoms with Crippen molar-refractivity contribution in [2.45, 2.75) is 25.7 Å². The number of hydrogen-bond acceptors (Lipinski definition) is 3. The van der Waals surface area contributed by atoms with Gasteiger partial charge in [0.25, 0.3) is 0 Å². The molecule has 0 aliphatic carbocycles. The molecule has 21 heavy (non-hydrogen) atoms. The second kappa shape index (κ2) is 6.96. The first-order valence-corrected chi connectivity index (χ1v) is 8.23. The van der Waals surface area contributed by atoms with Crippen molar-refractivity contribution < 1.29 is 4.74 Å². The SMILES string of the molecule is CCSc1cccc(Oc2cccc(C)c2C)c1C(N)=S. The molecule has 0 radical (unpaired) electrons. The van der Waals surface area contributed by atoms with Crippen molar-refractivity contribution >= 4 is 29.0 Å². The van der Waals surface area contributed by atoms with Crippen LogP contribution < -0.4 is 10.5 Å². The standard InChI is InChI=1S/C17H19NOS2/c1-4-21-15-10-6-9-14(16(15)17(18)20)19-13-8-5-7-11(2)12(13)3/h5-10H,4H2,1-3H3,(H2,18,20). The highest BCUT2D eigenvalue weighted by atomic mass is 32.2. The Balaban J connectivity index is 2.46. The summed E-state index contributed by atoms with van der Waals surface area (Å²) in [4.78, 5) is 1.43. The van der Waals surface area contributed by atoms with Crippen LogP contribution in [0.3, 0.4) is 0 Å². The van der Waals surface area contributed by atoms with Crippen LogP contribution in [0.5, 0.6) is 11.5 Å². The molecule has 0 atom stereocenters. The number of ether oxygens (including phenoxy) is 1. The molecule has 110 valence electrons. The average molecular weight is 317 g/mol. The summed E-state index contributed by atoms with van der Waals surface area (Å²) in [6.07, 6.45) is 0. The lowest BCUT2D eigenvalue weighted by Gasteiger charge is -2.15. The van der Waals surface area contributed by atoms with E-state index < -0.39 is 0 Å². The van der Waals surface area contributed by atoms with Gasteiger partial charge in [0.15, 0.2) is 0 Å². The summed E-state index contributed by atoms with van der Waals surface area (Å²) in [6.45, 7) is 6.22. The second-order valence-electron chi connectivity index (χ2n) is 4.73. The Kier molecular flexibility index (Phi) is 5.26. The maximum absolute atomic E-state index is 6.09. The molecule has 0 unspecified atom stereocenters. The molecule has 2 nitrogen and oxygen atoms in total. The molecule has 2 N–H and O–H groups in total. The average Bonchev–Trinajstić information content (AvgIpc) is 2.44. The minimum absolute atomic E-state index is 0.367. The topological polar surface area (TPSA) is 35.2 Å². The molecule has 0 saturated heterocycles. The lowest BCUT2D eigenvalue weighted by molar-refractivity contribution is 0.476. The van der Waals surface area contributed by atoms with Gasteiger partial charge in [0.05, 0.1) is 5.56 Å². The summed E-state index contributed by atoms with van der Waals surface area (Å²) >= 11 is 6.93. The highest BCUT2D eigenvalue weighted by Gasteiger charge is 2.14. The smallest absolute Gasteiger partial charge is 0.138 e. The first-order chi connectivity index (χ1) is 10.0. The van der Waals surface area contributed by atoms with Gasteiger partial charge in [-0.05, 0) is 48.9 Å². The fourth-order valence-corrected chi connectivity index (χ4v) is 3.18. The van der Waals surface area contributed by atoms with Crippen molar-refractivity contribution in [3.8, 4) is 11.5 Å². The predicted molar refractivity (Wildman–Crippen MR) is 94.7 cm³/mol. The van der Waals surface area contributed by atoms with Crippen LogP contribution in [0.1, 0.15) is 23.6 Å². The van der Waals surface area contributed by atoms with E-state index in [2.05, 4.69) is 26.8 Å². The van der Waals surface area contributed by atoms with Crippen LogP contribution in [0.15, 0.2) is 41.3 Å². The zero-order valence-corrected chi connectivity index (χ0v) is 14.1. The number of thiocarbonyl (C=S) groups is 1. The van der Waals surface area contributed by atoms with Gasteiger partial charge in [-0.2, -0.15) is 0 Å². The molecule has 0 spiro atoms. The first-order valence-electron chi connectivity index (χ1n) is 6.84. The molecule has 0 bridgehead atoms. The van der Waals surface area contributed by atoms with E-state index in [1.807, 2.05) is 30.3 Å². The third-order valence-electron chi connectivity index (χ3n) is 3.31. The molecule has 0 aliphatic heterocycles. The first kappa shape index (κ1) is 15.9. The van der Waals surface area contributed by atoms with Gasteiger partial charge in [0.2, 0.25) is 0 Å². The van der Waals surface area contributed by atoms with Crippen LogP contribution in [0.25, 0.3) is 0 Å². The van der Waals surface area contributed by atoms with E-state index in [-0.39, 0.29) is 0 Å².